The fourth-order valence-corrected chi connectivity index (χ4v) is 3.44. The lowest BCUT2D eigenvalue weighted by molar-refractivity contribution is 0.0290. The monoisotopic (exact) mass is 344 g/mol. The predicted octanol–water partition coefficient (Wildman–Crippen LogP) is 2.63. The highest BCUT2D eigenvalue weighted by atomic mass is 35.5. The van der Waals surface area contributed by atoms with Crippen molar-refractivity contribution in [1.29, 1.82) is 0 Å². The third-order valence-corrected chi connectivity index (χ3v) is 4.92. The molecule has 2 atom stereocenters. The molecular formula is C19H21ClN2O2. The van der Waals surface area contributed by atoms with Gasteiger partial charge < -0.3 is 15.7 Å². The van der Waals surface area contributed by atoms with Gasteiger partial charge >= 0.3 is 0 Å². The molecule has 1 aliphatic rings. The van der Waals surface area contributed by atoms with Gasteiger partial charge in [-0.3, -0.25) is 4.79 Å². The molecule has 0 aromatic heterocycles. The van der Waals surface area contributed by atoms with Crippen LogP contribution in [-0.2, 0) is 5.54 Å². The Morgan fingerprint density at radius 1 is 1.29 bits per heavy atom. The van der Waals surface area contributed by atoms with E-state index in [1.807, 2.05) is 43.3 Å². The molecule has 24 heavy (non-hydrogen) atoms. The van der Waals surface area contributed by atoms with Crippen LogP contribution in [0.4, 0.5) is 0 Å². The van der Waals surface area contributed by atoms with E-state index in [4.69, 9.17) is 11.6 Å². The molecule has 0 aliphatic carbocycles. The highest BCUT2D eigenvalue weighted by Crippen LogP contribution is 2.32. The number of carbonyl (C=O) groups is 1. The Morgan fingerprint density at radius 2 is 2.04 bits per heavy atom. The average molecular weight is 345 g/mol. The maximum atomic E-state index is 12.9. The molecule has 0 radical (unpaired) electrons. The second-order valence-electron chi connectivity index (χ2n) is 6.24. The minimum Gasteiger partial charge on any atom is -0.389 e. The molecule has 1 aliphatic heterocycles. The second kappa shape index (κ2) is 6.93. The summed E-state index contributed by atoms with van der Waals surface area (Å²) in [5.74, 6) is -0.270. The van der Waals surface area contributed by atoms with Crippen LogP contribution >= 0.6 is 11.6 Å². The lowest BCUT2D eigenvalue weighted by Crippen LogP contribution is -2.61. The van der Waals surface area contributed by atoms with Gasteiger partial charge in [-0.1, -0.05) is 53.6 Å². The molecule has 126 valence electrons. The SMILES string of the molecule is Cc1ccc(Cl)c(C(=O)N[C@]2(c3ccccc3)CCNC[C@H]2O)c1. The van der Waals surface area contributed by atoms with Crippen LogP contribution in [0.2, 0.25) is 5.02 Å². The minimum absolute atomic E-state index is 0.270. The first kappa shape index (κ1) is 17.0. The van der Waals surface area contributed by atoms with Gasteiger partial charge in [-0.2, -0.15) is 0 Å². The van der Waals surface area contributed by atoms with Gasteiger partial charge in [0.15, 0.2) is 0 Å². The summed E-state index contributed by atoms with van der Waals surface area (Å²) in [6.45, 7) is 3.06. The molecule has 0 spiro atoms. The van der Waals surface area contributed by atoms with Gasteiger partial charge in [-0.25, -0.2) is 0 Å². The summed E-state index contributed by atoms with van der Waals surface area (Å²) in [5.41, 5.74) is 1.47. The van der Waals surface area contributed by atoms with E-state index in [0.29, 0.717) is 30.1 Å². The lowest BCUT2D eigenvalue weighted by Gasteiger charge is -2.43. The molecule has 4 nitrogen and oxygen atoms in total. The number of amides is 1. The molecule has 1 saturated heterocycles. The number of hydrogen-bond acceptors (Lipinski definition) is 3. The Kier molecular flexibility index (Phi) is 4.90. The summed E-state index contributed by atoms with van der Waals surface area (Å²) in [4.78, 5) is 12.9. The van der Waals surface area contributed by atoms with Crippen molar-refractivity contribution in [2.45, 2.75) is 25.0 Å². The first-order valence-electron chi connectivity index (χ1n) is 8.06. The van der Waals surface area contributed by atoms with Crippen LogP contribution < -0.4 is 10.6 Å². The first-order chi connectivity index (χ1) is 11.5. The summed E-state index contributed by atoms with van der Waals surface area (Å²) in [6.07, 6.45) is -0.117. The number of carbonyl (C=O) groups excluding carboxylic acids is 1. The Morgan fingerprint density at radius 3 is 2.75 bits per heavy atom. The van der Waals surface area contributed by atoms with Gasteiger partial charge in [0.25, 0.3) is 5.91 Å². The summed E-state index contributed by atoms with van der Waals surface area (Å²) < 4.78 is 0. The topological polar surface area (TPSA) is 61.4 Å². The highest BCUT2D eigenvalue weighted by Gasteiger charge is 2.43. The smallest absolute Gasteiger partial charge is 0.253 e. The lowest BCUT2D eigenvalue weighted by atomic mass is 9.79. The number of hydrogen-bond donors (Lipinski definition) is 3. The van der Waals surface area contributed by atoms with Crippen molar-refractivity contribution >= 4 is 17.5 Å². The van der Waals surface area contributed by atoms with Crippen molar-refractivity contribution in [3.8, 4) is 0 Å². The van der Waals surface area contributed by atoms with Crippen molar-refractivity contribution in [3.05, 3.63) is 70.2 Å². The van der Waals surface area contributed by atoms with Crippen LogP contribution in [0.3, 0.4) is 0 Å². The molecule has 0 saturated carbocycles. The number of aryl methyl sites for hydroxylation is 1. The van der Waals surface area contributed by atoms with E-state index >= 15 is 0 Å². The summed E-state index contributed by atoms with van der Waals surface area (Å²) >= 11 is 6.20. The van der Waals surface area contributed by atoms with E-state index < -0.39 is 11.6 Å². The van der Waals surface area contributed by atoms with Crippen molar-refractivity contribution in [2.75, 3.05) is 13.1 Å². The number of aliphatic hydroxyl groups excluding tert-OH is 1. The van der Waals surface area contributed by atoms with Crippen LogP contribution in [0.5, 0.6) is 0 Å². The van der Waals surface area contributed by atoms with Crippen molar-refractivity contribution < 1.29 is 9.90 Å². The Balaban J connectivity index is 1.98. The number of halogens is 1. The standard InChI is InChI=1S/C19H21ClN2O2/c1-13-7-8-16(20)15(11-13)18(24)22-19(9-10-21-12-17(19)23)14-5-3-2-4-6-14/h2-8,11,17,21,23H,9-10,12H2,1H3,(H,22,24)/t17-,19+/m1/s1. The highest BCUT2D eigenvalue weighted by molar-refractivity contribution is 6.33. The summed E-state index contributed by atoms with van der Waals surface area (Å²) in [7, 11) is 0. The minimum atomic E-state index is -0.823. The fourth-order valence-electron chi connectivity index (χ4n) is 3.24. The number of aliphatic hydroxyl groups is 1. The van der Waals surface area contributed by atoms with E-state index in [-0.39, 0.29) is 5.91 Å². The van der Waals surface area contributed by atoms with E-state index in [0.717, 1.165) is 11.1 Å². The van der Waals surface area contributed by atoms with Gasteiger partial charge in [-0.15, -0.1) is 0 Å². The molecule has 0 bridgehead atoms. The van der Waals surface area contributed by atoms with Crippen molar-refractivity contribution in [1.82, 2.24) is 10.6 Å². The zero-order chi connectivity index (χ0) is 17.2. The van der Waals surface area contributed by atoms with Crippen LogP contribution in [0.25, 0.3) is 0 Å². The molecule has 5 heteroatoms. The molecule has 3 N–H and O–H groups in total. The maximum absolute atomic E-state index is 12.9. The van der Waals surface area contributed by atoms with Gasteiger partial charge in [0, 0.05) is 6.54 Å². The molecule has 1 amide bonds. The number of piperidine rings is 1. The Hall–Kier alpha value is -1.88. The zero-order valence-corrected chi connectivity index (χ0v) is 14.3. The fraction of sp³-hybridized carbons (Fsp3) is 0.316. The van der Waals surface area contributed by atoms with Gasteiger partial charge in [0.05, 0.1) is 22.2 Å². The third kappa shape index (κ3) is 3.18. The van der Waals surface area contributed by atoms with E-state index in [1.165, 1.54) is 0 Å². The quantitative estimate of drug-likeness (QED) is 0.802. The summed E-state index contributed by atoms with van der Waals surface area (Å²) in [6, 6.07) is 15.0. The number of benzene rings is 2. The van der Waals surface area contributed by atoms with Gasteiger partial charge in [0.1, 0.15) is 0 Å². The molecular weight excluding hydrogens is 324 g/mol. The van der Waals surface area contributed by atoms with Crippen molar-refractivity contribution in [3.63, 3.8) is 0 Å². The third-order valence-electron chi connectivity index (χ3n) is 4.59. The molecule has 2 aromatic rings. The Bertz CT molecular complexity index is 735. The van der Waals surface area contributed by atoms with Gasteiger partial charge in [-0.05, 0) is 37.6 Å². The number of β-amino-alcohol motifs (C(OH)–C–C–N with tert-alkyl or cyclic N) is 1. The van der Waals surface area contributed by atoms with Gasteiger partial charge in [0.2, 0.25) is 0 Å². The van der Waals surface area contributed by atoms with Crippen LogP contribution in [-0.4, -0.2) is 30.2 Å². The molecule has 1 fully saturated rings. The normalized spacial score (nSPS) is 23.7. The van der Waals surface area contributed by atoms with Crippen molar-refractivity contribution in [2.24, 2.45) is 0 Å². The summed E-state index contributed by atoms with van der Waals surface area (Å²) in [5, 5.41) is 17.3. The van der Waals surface area contributed by atoms with E-state index in [2.05, 4.69) is 10.6 Å². The Labute approximate surface area is 146 Å². The number of rotatable bonds is 3. The maximum Gasteiger partial charge on any atom is 0.253 e. The largest absolute Gasteiger partial charge is 0.389 e. The zero-order valence-electron chi connectivity index (χ0n) is 13.6. The van der Waals surface area contributed by atoms with E-state index in [1.54, 1.807) is 12.1 Å². The van der Waals surface area contributed by atoms with Crippen LogP contribution in [0.15, 0.2) is 48.5 Å². The molecule has 3 rings (SSSR count). The molecule has 2 aromatic carbocycles. The second-order valence-corrected chi connectivity index (χ2v) is 6.65. The van der Waals surface area contributed by atoms with E-state index in [9.17, 15) is 9.90 Å². The van der Waals surface area contributed by atoms with Crippen LogP contribution in [0.1, 0.15) is 27.9 Å². The first-order valence-corrected chi connectivity index (χ1v) is 8.44. The molecule has 0 unspecified atom stereocenters. The predicted molar refractivity (Wildman–Crippen MR) is 95.3 cm³/mol. The average Bonchev–Trinajstić information content (AvgIpc) is 2.60. The van der Waals surface area contributed by atoms with Crippen LogP contribution in [0, 0.1) is 6.92 Å². The molecule has 1 heterocycles. The number of nitrogens with one attached hydrogen (secondary N) is 2.